The summed E-state index contributed by atoms with van der Waals surface area (Å²) >= 11 is 0. The van der Waals surface area contributed by atoms with Crippen LogP contribution in [-0.2, 0) is 0 Å². The van der Waals surface area contributed by atoms with E-state index in [1.165, 1.54) is 10.8 Å². The summed E-state index contributed by atoms with van der Waals surface area (Å²) in [5, 5.41) is 33.8. The minimum atomic E-state index is 0.557. The SMILES string of the molecule is N#Cc1cc(-c2cccc(-n3c4ccccc4c4ccccc43)c2)cc(-c2ccccc2-n2c3ccc(C#N)cc3c3cc(C#N)ccc32)c1. The molecule has 0 spiro atoms. The Labute approximate surface area is 287 Å². The molecule has 0 unspecified atom stereocenters. The Kier molecular flexibility index (Phi) is 6.56. The first-order valence-electron chi connectivity index (χ1n) is 16.3. The lowest BCUT2D eigenvalue weighted by atomic mass is 9.95. The quantitative estimate of drug-likeness (QED) is 0.193. The molecule has 9 aromatic rings. The third-order valence-electron chi connectivity index (χ3n) is 9.56. The topological polar surface area (TPSA) is 81.2 Å². The third-order valence-corrected chi connectivity index (χ3v) is 9.56. The number of benzene rings is 7. The van der Waals surface area contributed by atoms with Crippen LogP contribution < -0.4 is 0 Å². The summed E-state index contributed by atoms with van der Waals surface area (Å²) < 4.78 is 4.49. The maximum absolute atomic E-state index is 10.2. The Morgan fingerprint density at radius 2 is 0.920 bits per heavy atom. The van der Waals surface area contributed by atoms with Gasteiger partial charge in [0.1, 0.15) is 0 Å². The van der Waals surface area contributed by atoms with Crippen LogP contribution >= 0.6 is 0 Å². The van der Waals surface area contributed by atoms with Crippen molar-refractivity contribution in [3.05, 3.63) is 168 Å². The van der Waals surface area contributed by atoms with Crippen molar-refractivity contribution in [2.45, 2.75) is 0 Å². The Bertz CT molecular complexity index is 2850. The fourth-order valence-electron chi connectivity index (χ4n) is 7.37. The van der Waals surface area contributed by atoms with Gasteiger partial charge >= 0.3 is 0 Å². The number of hydrogen-bond donors (Lipinski definition) is 0. The molecule has 0 amide bonds. The summed E-state index contributed by atoms with van der Waals surface area (Å²) in [5.74, 6) is 0. The van der Waals surface area contributed by atoms with Gasteiger partial charge < -0.3 is 9.13 Å². The molecule has 0 aliphatic rings. The predicted octanol–water partition coefficient (Wildman–Crippen LogP) is 10.8. The van der Waals surface area contributed by atoms with Crippen molar-refractivity contribution >= 4 is 43.6 Å². The number of fused-ring (bicyclic) bond motifs is 6. The van der Waals surface area contributed by atoms with E-state index in [1.54, 1.807) is 0 Å². The number of para-hydroxylation sites is 3. The van der Waals surface area contributed by atoms with E-state index in [0.29, 0.717) is 16.7 Å². The van der Waals surface area contributed by atoms with Crippen LogP contribution in [0.3, 0.4) is 0 Å². The smallest absolute Gasteiger partial charge is 0.0992 e. The van der Waals surface area contributed by atoms with Gasteiger partial charge in [-0.05, 0) is 102 Å². The Balaban J connectivity index is 1.24. The summed E-state index contributed by atoms with van der Waals surface area (Å²) in [7, 11) is 0. The zero-order valence-electron chi connectivity index (χ0n) is 26.7. The van der Waals surface area contributed by atoms with Crippen molar-refractivity contribution in [1.29, 1.82) is 15.8 Å². The van der Waals surface area contributed by atoms with Crippen LogP contribution in [0.5, 0.6) is 0 Å². The van der Waals surface area contributed by atoms with Gasteiger partial charge in [-0.25, -0.2) is 0 Å². The maximum atomic E-state index is 10.2. The molecule has 0 atom stereocenters. The van der Waals surface area contributed by atoms with Crippen LogP contribution in [0.2, 0.25) is 0 Å². The van der Waals surface area contributed by atoms with Crippen molar-refractivity contribution in [3.8, 4) is 51.8 Å². The molecule has 2 aromatic heterocycles. The van der Waals surface area contributed by atoms with Gasteiger partial charge in [-0.3, -0.25) is 0 Å². The second kappa shape index (κ2) is 11.4. The van der Waals surface area contributed by atoms with Crippen LogP contribution in [0.1, 0.15) is 16.7 Å². The first-order chi connectivity index (χ1) is 24.6. The molecule has 230 valence electrons. The van der Waals surface area contributed by atoms with Crippen LogP contribution in [0, 0.1) is 34.0 Å². The average molecular weight is 636 g/mol. The van der Waals surface area contributed by atoms with Crippen molar-refractivity contribution in [2.24, 2.45) is 0 Å². The van der Waals surface area contributed by atoms with Gasteiger partial charge in [0.05, 0.1) is 62.7 Å². The van der Waals surface area contributed by atoms with E-state index in [2.05, 4.69) is 118 Å². The monoisotopic (exact) mass is 635 g/mol. The Morgan fingerprint density at radius 1 is 0.360 bits per heavy atom. The highest BCUT2D eigenvalue weighted by molar-refractivity contribution is 6.11. The maximum Gasteiger partial charge on any atom is 0.0992 e. The lowest BCUT2D eigenvalue weighted by molar-refractivity contribution is 1.18. The number of nitriles is 3. The van der Waals surface area contributed by atoms with Crippen molar-refractivity contribution in [2.75, 3.05) is 0 Å². The zero-order valence-corrected chi connectivity index (χ0v) is 26.7. The number of nitrogens with zero attached hydrogens (tertiary/aromatic N) is 5. The minimum Gasteiger partial charge on any atom is -0.309 e. The summed E-state index contributed by atoms with van der Waals surface area (Å²) in [6.45, 7) is 0. The molecule has 0 bridgehead atoms. The van der Waals surface area contributed by atoms with E-state index in [9.17, 15) is 15.8 Å². The molecule has 5 nitrogen and oxygen atoms in total. The molecule has 7 aromatic carbocycles. The fraction of sp³-hybridized carbons (Fsp3) is 0. The first-order valence-corrected chi connectivity index (χ1v) is 16.3. The number of hydrogen-bond acceptors (Lipinski definition) is 3. The van der Waals surface area contributed by atoms with Crippen molar-refractivity contribution < 1.29 is 0 Å². The lowest BCUT2D eigenvalue weighted by Gasteiger charge is -2.16. The lowest BCUT2D eigenvalue weighted by Crippen LogP contribution is -1.98. The van der Waals surface area contributed by atoms with Crippen molar-refractivity contribution in [1.82, 2.24) is 9.13 Å². The van der Waals surface area contributed by atoms with E-state index in [4.69, 9.17) is 0 Å². The molecule has 0 N–H and O–H groups in total. The van der Waals surface area contributed by atoms with Crippen LogP contribution in [0.4, 0.5) is 0 Å². The van der Waals surface area contributed by atoms with Crippen LogP contribution in [-0.4, -0.2) is 9.13 Å². The predicted molar refractivity (Wildman–Crippen MR) is 200 cm³/mol. The highest BCUT2D eigenvalue weighted by Crippen LogP contribution is 2.39. The highest BCUT2D eigenvalue weighted by Gasteiger charge is 2.18. The normalized spacial score (nSPS) is 11.1. The number of rotatable bonds is 4. The highest BCUT2D eigenvalue weighted by atomic mass is 15.0. The van der Waals surface area contributed by atoms with Crippen LogP contribution in [0.25, 0.3) is 77.2 Å². The molecule has 0 saturated carbocycles. The Morgan fingerprint density at radius 3 is 1.56 bits per heavy atom. The molecule has 2 heterocycles. The Hall–Kier alpha value is -7.39. The fourth-order valence-corrected chi connectivity index (χ4v) is 7.37. The van der Waals surface area contributed by atoms with E-state index < -0.39 is 0 Å². The molecule has 50 heavy (non-hydrogen) atoms. The van der Waals surface area contributed by atoms with Gasteiger partial charge in [-0.1, -0.05) is 66.7 Å². The van der Waals surface area contributed by atoms with E-state index >= 15 is 0 Å². The van der Waals surface area contributed by atoms with Gasteiger partial charge in [0.2, 0.25) is 0 Å². The summed E-state index contributed by atoms with van der Waals surface area (Å²) in [5.41, 5.74) is 11.6. The summed E-state index contributed by atoms with van der Waals surface area (Å²) in [4.78, 5) is 0. The van der Waals surface area contributed by atoms with Gasteiger partial charge in [0.15, 0.2) is 0 Å². The minimum absolute atomic E-state index is 0.557. The molecule has 0 aliphatic heterocycles. The molecular weight excluding hydrogens is 611 g/mol. The second-order valence-electron chi connectivity index (χ2n) is 12.4. The molecule has 0 aliphatic carbocycles. The second-order valence-corrected chi connectivity index (χ2v) is 12.4. The molecular formula is C45H25N5. The van der Waals surface area contributed by atoms with Gasteiger partial charge in [0.25, 0.3) is 0 Å². The molecule has 0 saturated heterocycles. The summed E-state index contributed by atoms with van der Waals surface area (Å²) in [6, 6.07) is 57.9. The van der Waals surface area contributed by atoms with Gasteiger partial charge in [0, 0.05) is 32.8 Å². The van der Waals surface area contributed by atoms with Crippen LogP contribution in [0.15, 0.2) is 152 Å². The van der Waals surface area contributed by atoms with E-state index in [-0.39, 0.29) is 0 Å². The van der Waals surface area contributed by atoms with Gasteiger partial charge in [-0.15, -0.1) is 0 Å². The zero-order chi connectivity index (χ0) is 33.8. The molecule has 9 rings (SSSR count). The van der Waals surface area contributed by atoms with E-state index in [1.807, 2.05) is 60.7 Å². The largest absolute Gasteiger partial charge is 0.309 e. The first kappa shape index (κ1) is 28.8. The van der Waals surface area contributed by atoms with Crippen molar-refractivity contribution in [3.63, 3.8) is 0 Å². The average Bonchev–Trinajstić information content (AvgIpc) is 3.69. The third kappa shape index (κ3) is 4.45. The molecule has 0 radical (unpaired) electrons. The molecule has 0 fully saturated rings. The standard InChI is InChI=1S/C45H25N5/c46-26-29-16-18-44-39(22-29)40-23-30(27-47)17-19-45(40)50(44)41-13-4-1-10-36(41)34-21-31(28-48)20-33(24-34)32-8-7-9-35(25-32)49-42-14-5-2-11-37(42)38-12-3-6-15-43(38)49/h1-25H. The number of aromatic nitrogens is 2. The summed E-state index contributed by atoms with van der Waals surface area (Å²) in [6.07, 6.45) is 0. The van der Waals surface area contributed by atoms with Gasteiger partial charge in [-0.2, -0.15) is 15.8 Å². The molecule has 5 heteroatoms. The van der Waals surface area contributed by atoms with E-state index in [0.717, 1.165) is 66.5 Å².